The number of carbonyl (C=O) groups is 1. The number of aliphatic carboxylic acids is 1. The molecule has 4 nitrogen and oxygen atoms in total. The van der Waals surface area contributed by atoms with Gasteiger partial charge in [-0.1, -0.05) is 13.3 Å². The molecule has 1 heterocycles. The van der Waals surface area contributed by atoms with Crippen molar-refractivity contribution in [3.8, 4) is 0 Å². The van der Waals surface area contributed by atoms with Gasteiger partial charge in [-0.2, -0.15) is 0 Å². The fourth-order valence-corrected chi connectivity index (χ4v) is 2.58. The minimum absolute atomic E-state index is 0.354. The van der Waals surface area contributed by atoms with Crippen LogP contribution in [0.25, 0.3) is 0 Å². The number of hydrogen-bond acceptors (Lipinski definition) is 3. The highest BCUT2D eigenvalue weighted by atomic mass is 16.4. The molecule has 2 unspecified atom stereocenters. The molecule has 1 saturated heterocycles. The first kappa shape index (κ1) is 14.5. The van der Waals surface area contributed by atoms with Crippen LogP contribution in [0.4, 0.5) is 0 Å². The number of carboxylic acid groups (broad SMARTS) is 1. The van der Waals surface area contributed by atoms with Crippen LogP contribution >= 0.6 is 0 Å². The van der Waals surface area contributed by atoms with E-state index in [0.717, 1.165) is 18.9 Å². The maximum absolute atomic E-state index is 11.2. The van der Waals surface area contributed by atoms with E-state index in [1.807, 2.05) is 0 Å². The van der Waals surface area contributed by atoms with Crippen LogP contribution in [0, 0.1) is 11.3 Å². The molecule has 0 aromatic carbocycles. The van der Waals surface area contributed by atoms with Crippen molar-refractivity contribution in [2.75, 3.05) is 19.6 Å². The largest absolute Gasteiger partial charge is 0.481 e. The minimum Gasteiger partial charge on any atom is -0.481 e. The molecule has 3 N–H and O–H groups in total. The van der Waals surface area contributed by atoms with Gasteiger partial charge in [-0.3, -0.25) is 9.69 Å². The molecule has 0 aliphatic carbocycles. The Balaban J connectivity index is 2.62. The predicted molar refractivity (Wildman–Crippen MR) is 68.8 cm³/mol. The number of hydrogen-bond donors (Lipinski definition) is 2. The average molecular weight is 242 g/mol. The van der Waals surface area contributed by atoms with Gasteiger partial charge >= 0.3 is 5.97 Å². The van der Waals surface area contributed by atoms with Gasteiger partial charge in [0.05, 0.1) is 5.41 Å². The smallest absolute Gasteiger partial charge is 0.310 e. The standard InChI is InChI=1S/C13H26N2O2/c1-4-10-5-6-15(11(7-10)8-14)9-13(2,3)12(16)17/h10-11H,4-9,14H2,1-3H3,(H,16,17). The fourth-order valence-electron chi connectivity index (χ4n) is 2.58. The van der Waals surface area contributed by atoms with Gasteiger partial charge < -0.3 is 10.8 Å². The Morgan fingerprint density at radius 3 is 2.65 bits per heavy atom. The van der Waals surface area contributed by atoms with Gasteiger partial charge in [0.1, 0.15) is 0 Å². The van der Waals surface area contributed by atoms with E-state index < -0.39 is 11.4 Å². The molecule has 0 radical (unpaired) electrons. The second-order valence-electron chi connectivity index (χ2n) is 5.85. The SMILES string of the molecule is CCC1CCN(CC(C)(C)C(=O)O)C(CN)C1. The minimum atomic E-state index is -0.731. The Kier molecular flexibility index (Phi) is 4.95. The first-order chi connectivity index (χ1) is 7.90. The summed E-state index contributed by atoms with van der Waals surface area (Å²) in [6.07, 6.45) is 3.48. The molecule has 1 rings (SSSR count). The number of carboxylic acids is 1. The molecular weight excluding hydrogens is 216 g/mol. The predicted octanol–water partition coefficient (Wildman–Crippen LogP) is 1.55. The van der Waals surface area contributed by atoms with Crippen LogP contribution in [-0.2, 0) is 4.79 Å². The molecule has 0 aromatic heterocycles. The van der Waals surface area contributed by atoms with Gasteiger partial charge in [-0.25, -0.2) is 0 Å². The summed E-state index contributed by atoms with van der Waals surface area (Å²) >= 11 is 0. The van der Waals surface area contributed by atoms with Crippen LogP contribution in [0.1, 0.15) is 40.0 Å². The van der Waals surface area contributed by atoms with Crippen molar-refractivity contribution in [1.29, 1.82) is 0 Å². The Labute approximate surface area is 104 Å². The number of nitrogens with zero attached hydrogens (tertiary/aromatic N) is 1. The highest BCUT2D eigenvalue weighted by Gasteiger charge is 2.34. The first-order valence-electron chi connectivity index (χ1n) is 6.58. The van der Waals surface area contributed by atoms with E-state index in [1.165, 1.54) is 12.8 Å². The van der Waals surface area contributed by atoms with Gasteiger partial charge in [-0.15, -0.1) is 0 Å². The molecule has 0 aromatic rings. The quantitative estimate of drug-likeness (QED) is 0.767. The molecule has 100 valence electrons. The van der Waals surface area contributed by atoms with Crippen molar-refractivity contribution in [3.05, 3.63) is 0 Å². The van der Waals surface area contributed by atoms with E-state index in [2.05, 4.69) is 11.8 Å². The van der Waals surface area contributed by atoms with Crippen molar-refractivity contribution >= 4 is 5.97 Å². The van der Waals surface area contributed by atoms with E-state index in [-0.39, 0.29) is 0 Å². The van der Waals surface area contributed by atoms with Crippen LogP contribution in [0.2, 0.25) is 0 Å². The van der Waals surface area contributed by atoms with E-state index in [1.54, 1.807) is 13.8 Å². The Hall–Kier alpha value is -0.610. The van der Waals surface area contributed by atoms with Crippen LogP contribution in [0.3, 0.4) is 0 Å². The second kappa shape index (κ2) is 5.83. The average Bonchev–Trinajstić information content (AvgIpc) is 2.29. The summed E-state index contributed by atoms with van der Waals surface area (Å²) in [7, 11) is 0. The lowest BCUT2D eigenvalue weighted by atomic mass is 9.86. The van der Waals surface area contributed by atoms with Gasteiger partial charge in [0, 0.05) is 19.1 Å². The lowest BCUT2D eigenvalue weighted by molar-refractivity contribution is -0.148. The van der Waals surface area contributed by atoms with Gasteiger partial charge in [0.25, 0.3) is 0 Å². The molecule has 1 fully saturated rings. The Bertz CT molecular complexity index is 266. The third-order valence-corrected chi connectivity index (χ3v) is 3.97. The zero-order valence-corrected chi connectivity index (χ0v) is 11.3. The van der Waals surface area contributed by atoms with Gasteiger partial charge in [-0.05, 0) is 39.2 Å². The number of rotatable bonds is 5. The zero-order valence-electron chi connectivity index (χ0n) is 11.3. The van der Waals surface area contributed by atoms with Crippen LogP contribution in [-0.4, -0.2) is 41.7 Å². The van der Waals surface area contributed by atoms with Crippen LogP contribution in [0.15, 0.2) is 0 Å². The molecule has 0 amide bonds. The molecule has 0 saturated carbocycles. The van der Waals surface area contributed by atoms with Crippen LogP contribution < -0.4 is 5.73 Å². The molecule has 0 bridgehead atoms. The maximum Gasteiger partial charge on any atom is 0.310 e. The number of nitrogens with two attached hydrogens (primary N) is 1. The van der Waals surface area contributed by atoms with Crippen molar-refractivity contribution in [2.45, 2.75) is 46.1 Å². The van der Waals surface area contributed by atoms with Crippen molar-refractivity contribution < 1.29 is 9.90 Å². The molecule has 0 spiro atoms. The normalized spacial score (nSPS) is 27.1. The highest BCUT2D eigenvalue weighted by Crippen LogP contribution is 2.28. The zero-order chi connectivity index (χ0) is 13.1. The topological polar surface area (TPSA) is 66.6 Å². The monoisotopic (exact) mass is 242 g/mol. The lowest BCUT2D eigenvalue weighted by Crippen LogP contribution is -2.51. The fraction of sp³-hybridized carbons (Fsp3) is 0.923. The Morgan fingerprint density at radius 2 is 2.18 bits per heavy atom. The van der Waals surface area contributed by atoms with E-state index >= 15 is 0 Å². The lowest BCUT2D eigenvalue weighted by Gasteiger charge is -2.41. The third-order valence-electron chi connectivity index (χ3n) is 3.97. The van der Waals surface area contributed by atoms with Crippen molar-refractivity contribution in [1.82, 2.24) is 4.90 Å². The molecule has 17 heavy (non-hydrogen) atoms. The Morgan fingerprint density at radius 1 is 1.53 bits per heavy atom. The van der Waals surface area contributed by atoms with Crippen molar-refractivity contribution in [2.24, 2.45) is 17.1 Å². The molecular formula is C13H26N2O2. The first-order valence-corrected chi connectivity index (χ1v) is 6.58. The van der Waals surface area contributed by atoms with E-state index in [9.17, 15) is 9.90 Å². The molecule has 1 aliphatic heterocycles. The third kappa shape index (κ3) is 3.68. The molecule has 2 atom stereocenters. The summed E-state index contributed by atoms with van der Waals surface area (Å²) in [6, 6.07) is 0.354. The second-order valence-corrected chi connectivity index (χ2v) is 5.85. The van der Waals surface area contributed by atoms with Crippen molar-refractivity contribution in [3.63, 3.8) is 0 Å². The molecule has 1 aliphatic rings. The maximum atomic E-state index is 11.2. The van der Waals surface area contributed by atoms with E-state index in [0.29, 0.717) is 19.1 Å². The van der Waals surface area contributed by atoms with E-state index in [4.69, 9.17) is 5.73 Å². The number of likely N-dealkylation sites (tertiary alicyclic amines) is 1. The van der Waals surface area contributed by atoms with Crippen LogP contribution in [0.5, 0.6) is 0 Å². The summed E-state index contributed by atoms with van der Waals surface area (Å²) in [5.74, 6) is 0.0265. The molecule has 4 heteroatoms. The summed E-state index contributed by atoms with van der Waals surface area (Å²) in [6.45, 7) is 8.00. The summed E-state index contributed by atoms with van der Waals surface area (Å²) in [4.78, 5) is 13.4. The van der Waals surface area contributed by atoms with Gasteiger partial charge in [0.2, 0.25) is 0 Å². The summed E-state index contributed by atoms with van der Waals surface area (Å²) in [5.41, 5.74) is 5.13. The summed E-state index contributed by atoms with van der Waals surface area (Å²) in [5, 5.41) is 9.17. The highest BCUT2D eigenvalue weighted by molar-refractivity contribution is 5.73. The number of piperidine rings is 1. The van der Waals surface area contributed by atoms with Gasteiger partial charge in [0.15, 0.2) is 0 Å². The summed E-state index contributed by atoms with van der Waals surface area (Å²) < 4.78 is 0.